The maximum absolute atomic E-state index is 12.7. The summed E-state index contributed by atoms with van der Waals surface area (Å²) < 4.78 is 27.4. The van der Waals surface area contributed by atoms with E-state index in [9.17, 15) is 8.42 Å². The van der Waals surface area contributed by atoms with Crippen LogP contribution in [-0.2, 0) is 10.0 Å². The fourth-order valence-corrected chi connectivity index (χ4v) is 4.56. The first-order valence-corrected chi connectivity index (χ1v) is 9.05. The van der Waals surface area contributed by atoms with Gasteiger partial charge in [-0.25, -0.2) is 8.42 Å². The van der Waals surface area contributed by atoms with Gasteiger partial charge in [0.05, 0.1) is 10.7 Å². The average Bonchev–Trinajstić information content (AvgIpc) is 2.42. The normalized spacial score (nSPS) is 22.2. The summed E-state index contributed by atoms with van der Waals surface area (Å²) in [5, 5.41) is 3.71. The van der Waals surface area contributed by atoms with Gasteiger partial charge in [-0.3, -0.25) is 0 Å². The molecule has 1 aliphatic heterocycles. The van der Waals surface area contributed by atoms with Crippen molar-refractivity contribution in [1.82, 2.24) is 4.31 Å². The van der Waals surface area contributed by atoms with Gasteiger partial charge in [-0.1, -0.05) is 25.4 Å². The second kappa shape index (κ2) is 5.83. The van der Waals surface area contributed by atoms with E-state index in [2.05, 4.69) is 35.1 Å². The van der Waals surface area contributed by atoms with Gasteiger partial charge in [0.1, 0.15) is 4.90 Å². The van der Waals surface area contributed by atoms with Crippen molar-refractivity contribution < 1.29 is 8.42 Å². The molecule has 112 valence electrons. The van der Waals surface area contributed by atoms with Gasteiger partial charge in [0.2, 0.25) is 10.0 Å². The fraction of sp³-hybridized carbons (Fsp3) is 0.538. The van der Waals surface area contributed by atoms with Crippen molar-refractivity contribution in [2.45, 2.75) is 31.2 Å². The number of sulfonamides is 1. The first kappa shape index (κ1) is 16.1. The highest BCUT2D eigenvalue weighted by Gasteiger charge is 2.33. The zero-order chi connectivity index (χ0) is 15.1. The standard InChI is InChI=1S/C13H18BrClN2O2S/c1-8(2)4-9-7-16-12-6-11(15)10(14)5-13(12)20(18,19)17(9)3/h5-6,8-9,16H,4,7H2,1-3H3. The van der Waals surface area contributed by atoms with Gasteiger partial charge < -0.3 is 5.32 Å². The van der Waals surface area contributed by atoms with Crippen LogP contribution in [0.5, 0.6) is 0 Å². The molecular formula is C13H18BrClN2O2S. The molecule has 0 aromatic heterocycles. The zero-order valence-corrected chi connectivity index (χ0v) is 14.8. The summed E-state index contributed by atoms with van der Waals surface area (Å²) in [6, 6.07) is 3.16. The largest absolute Gasteiger partial charge is 0.382 e. The number of hydrogen-bond donors (Lipinski definition) is 1. The smallest absolute Gasteiger partial charge is 0.245 e. The highest BCUT2D eigenvalue weighted by atomic mass is 79.9. The van der Waals surface area contributed by atoms with E-state index in [-0.39, 0.29) is 10.9 Å². The molecule has 0 fully saturated rings. The third-order valence-electron chi connectivity index (χ3n) is 3.47. The van der Waals surface area contributed by atoms with E-state index in [1.807, 2.05) is 0 Å². The molecule has 1 aromatic carbocycles. The minimum Gasteiger partial charge on any atom is -0.382 e. The Hall–Kier alpha value is -0.300. The van der Waals surface area contributed by atoms with Crippen LogP contribution >= 0.6 is 27.5 Å². The van der Waals surface area contributed by atoms with Gasteiger partial charge in [0, 0.05) is 24.1 Å². The number of rotatable bonds is 2. The molecule has 2 rings (SSSR count). The van der Waals surface area contributed by atoms with Crippen LogP contribution in [0.2, 0.25) is 5.02 Å². The Morgan fingerprint density at radius 1 is 1.50 bits per heavy atom. The highest BCUT2D eigenvalue weighted by molar-refractivity contribution is 9.10. The Morgan fingerprint density at radius 3 is 2.75 bits per heavy atom. The molecule has 7 heteroatoms. The van der Waals surface area contributed by atoms with E-state index in [1.54, 1.807) is 19.2 Å². The van der Waals surface area contributed by atoms with Crippen LogP contribution in [-0.4, -0.2) is 32.4 Å². The molecule has 0 saturated carbocycles. The molecule has 0 bridgehead atoms. The van der Waals surface area contributed by atoms with E-state index in [4.69, 9.17) is 11.6 Å². The molecule has 4 nitrogen and oxygen atoms in total. The highest BCUT2D eigenvalue weighted by Crippen LogP contribution is 2.36. The van der Waals surface area contributed by atoms with E-state index in [1.165, 1.54) is 4.31 Å². The fourth-order valence-electron chi connectivity index (χ4n) is 2.36. The summed E-state index contributed by atoms with van der Waals surface area (Å²) >= 11 is 9.34. The lowest BCUT2D eigenvalue weighted by Gasteiger charge is -2.26. The van der Waals surface area contributed by atoms with Gasteiger partial charge in [-0.05, 0) is 40.4 Å². The average molecular weight is 382 g/mol. The van der Waals surface area contributed by atoms with E-state index >= 15 is 0 Å². The number of nitrogens with zero attached hydrogens (tertiary/aromatic N) is 1. The molecule has 0 spiro atoms. The van der Waals surface area contributed by atoms with Gasteiger partial charge in [-0.2, -0.15) is 4.31 Å². The van der Waals surface area contributed by atoms with Gasteiger partial charge in [-0.15, -0.1) is 0 Å². The summed E-state index contributed by atoms with van der Waals surface area (Å²) in [5.74, 6) is 0.427. The minimum atomic E-state index is -3.51. The third-order valence-corrected chi connectivity index (χ3v) is 6.61. The SMILES string of the molecule is CC(C)CC1CNc2cc(Cl)c(Br)cc2S(=O)(=O)N1C. The zero-order valence-electron chi connectivity index (χ0n) is 11.7. The molecule has 1 atom stereocenters. The minimum absolute atomic E-state index is 0.0649. The Labute approximate surface area is 133 Å². The van der Waals surface area contributed by atoms with Crippen molar-refractivity contribution in [3.05, 3.63) is 21.6 Å². The number of fused-ring (bicyclic) bond motifs is 1. The quantitative estimate of drug-likeness (QED) is 0.852. The van der Waals surface area contributed by atoms with Crippen LogP contribution in [0.15, 0.2) is 21.5 Å². The molecule has 0 amide bonds. The second-order valence-corrected chi connectivity index (χ2v) is 8.68. The predicted molar refractivity (Wildman–Crippen MR) is 85.8 cm³/mol. The molecule has 1 N–H and O–H groups in total. The Balaban J connectivity index is 2.50. The van der Waals surface area contributed by atoms with Crippen LogP contribution < -0.4 is 5.32 Å². The van der Waals surface area contributed by atoms with E-state index < -0.39 is 10.0 Å². The maximum Gasteiger partial charge on any atom is 0.245 e. The van der Waals surface area contributed by atoms with Gasteiger partial charge in [0.25, 0.3) is 0 Å². The van der Waals surface area contributed by atoms with Crippen LogP contribution in [0, 0.1) is 5.92 Å². The van der Waals surface area contributed by atoms with Gasteiger partial charge in [0.15, 0.2) is 0 Å². The second-order valence-electron chi connectivity index (χ2n) is 5.45. The summed E-state index contributed by atoms with van der Waals surface area (Å²) in [5.41, 5.74) is 0.566. The monoisotopic (exact) mass is 380 g/mol. The maximum atomic E-state index is 12.7. The van der Waals surface area contributed by atoms with Crippen LogP contribution in [0.4, 0.5) is 5.69 Å². The summed E-state index contributed by atoms with van der Waals surface area (Å²) in [7, 11) is -1.87. The Kier molecular flexibility index (Phi) is 4.69. The van der Waals surface area contributed by atoms with Crippen molar-refractivity contribution >= 4 is 43.2 Å². The molecular weight excluding hydrogens is 364 g/mol. The Morgan fingerprint density at radius 2 is 2.15 bits per heavy atom. The molecule has 1 heterocycles. The molecule has 1 aliphatic rings. The molecule has 1 unspecified atom stereocenters. The summed E-state index contributed by atoms with van der Waals surface area (Å²) in [6.45, 7) is 4.76. The first-order valence-electron chi connectivity index (χ1n) is 6.44. The van der Waals surface area contributed by atoms with Crippen molar-refractivity contribution in [1.29, 1.82) is 0 Å². The lowest BCUT2D eigenvalue weighted by atomic mass is 10.0. The van der Waals surface area contributed by atoms with Crippen molar-refractivity contribution in [3.63, 3.8) is 0 Å². The van der Waals surface area contributed by atoms with Gasteiger partial charge >= 0.3 is 0 Å². The van der Waals surface area contributed by atoms with Crippen molar-refractivity contribution in [3.8, 4) is 0 Å². The number of halogens is 2. The molecule has 0 saturated heterocycles. The molecule has 20 heavy (non-hydrogen) atoms. The third kappa shape index (κ3) is 2.98. The van der Waals surface area contributed by atoms with Crippen molar-refractivity contribution in [2.24, 2.45) is 5.92 Å². The van der Waals surface area contributed by atoms with Crippen LogP contribution in [0.25, 0.3) is 0 Å². The van der Waals surface area contributed by atoms with Crippen LogP contribution in [0.3, 0.4) is 0 Å². The molecule has 0 radical (unpaired) electrons. The van der Waals surface area contributed by atoms with E-state index in [0.29, 0.717) is 27.6 Å². The number of likely N-dealkylation sites (N-methyl/N-ethyl adjacent to an activating group) is 1. The predicted octanol–water partition coefficient (Wildman–Crippen LogP) is 3.56. The van der Waals surface area contributed by atoms with Crippen molar-refractivity contribution in [2.75, 3.05) is 18.9 Å². The van der Waals surface area contributed by atoms with Crippen LogP contribution in [0.1, 0.15) is 20.3 Å². The number of nitrogens with one attached hydrogen (secondary N) is 1. The lowest BCUT2D eigenvalue weighted by Crippen LogP contribution is -2.39. The molecule has 0 aliphatic carbocycles. The van der Waals surface area contributed by atoms with E-state index in [0.717, 1.165) is 6.42 Å². The number of anilines is 1. The Bertz CT molecular complexity index is 619. The molecule has 1 aromatic rings. The number of benzene rings is 1. The summed E-state index contributed by atoms with van der Waals surface area (Å²) in [4.78, 5) is 0.266. The topological polar surface area (TPSA) is 49.4 Å². The lowest BCUT2D eigenvalue weighted by molar-refractivity contribution is 0.332. The summed E-state index contributed by atoms with van der Waals surface area (Å²) in [6.07, 6.45) is 0.811. The first-order chi connectivity index (χ1) is 9.23. The number of hydrogen-bond acceptors (Lipinski definition) is 3.